The van der Waals surface area contributed by atoms with E-state index in [1.165, 1.54) is 11.1 Å². The number of aryl methyl sites for hydroxylation is 2. The maximum atomic E-state index is 6.00. The van der Waals surface area contributed by atoms with E-state index in [0.29, 0.717) is 16.7 Å². The van der Waals surface area contributed by atoms with Gasteiger partial charge in [0.2, 0.25) is 0 Å². The molecule has 0 heterocycles. The van der Waals surface area contributed by atoms with Crippen LogP contribution in [0.5, 0.6) is 11.5 Å². The minimum Gasteiger partial charge on any atom is -0.457 e. The van der Waals surface area contributed by atoms with Crippen LogP contribution in [0.3, 0.4) is 0 Å². The lowest BCUT2D eigenvalue weighted by molar-refractivity contribution is 0.480. The zero-order valence-electron chi connectivity index (χ0n) is 12.9. The Labute approximate surface area is 131 Å². The molecule has 3 heteroatoms. The quantitative estimate of drug-likeness (QED) is 0.819. The number of nitrogens with two attached hydrogens (primary N) is 1. The summed E-state index contributed by atoms with van der Waals surface area (Å²) in [7, 11) is 0. The Balaban J connectivity index is 2.36. The number of hydrogen-bond acceptors (Lipinski definition) is 2. The van der Waals surface area contributed by atoms with Gasteiger partial charge in [-0.2, -0.15) is 0 Å². The highest BCUT2D eigenvalue weighted by Crippen LogP contribution is 2.29. The van der Waals surface area contributed by atoms with Crippen LogP contribution >= 0.6 is 12.2 Å². The van der Waals surface area contributed by atoms with Crippen LogP contribution in [-0.4, -0.2) is 4.99 Å². The number of ether oxygens (including phenoxy) is 1. The fourth-order valence-electron chi connectivity index (χ4n) is 2.40. The molecule has 0 fully saturated rings. The Morgan fingerprint density at radius 2 is 1.81 bits per heavy atom. The van der Waals surface area contributed by atoms with Crippen molar-refractivity contribution in [3.05, 3.63) is 58.7 Å². The Morgan fingerprint density at radius 1 is 1.10 bits per heavy atom. The van der Waals surface area contributed by atoms with E-state index in [1.54, 1.807) is 0 Å². The van der Waals surface area contributed by atoms with Crippen molar-refractivity contribution in [2.45, 2.75) is 33.6 Å². The lowest BCUT2D eigenvalue weighted by atomic mass is 9.98. The predicted octanol–water partition coefficient (Wildman–Crippen LogP) is 4.85. The van der Waals surface area contributed by atoms with Crippen LogP contribution in [0.15, 0.2) is 36.4 Å². The van der Waals surface area contributed by atoms with Crippen molar-refractivity contribution in [2.75, 3.05) is 0 Å². The molecule has 0 aliphatic carbocycles. The molecule has 2 aromatic carbocycles. The molecule has 0 atom stereocenters. The molecule has 0 aromatic heterocycles. The predicted molar refractivity (Wildman–Crippen MR) is 92.4 cm³/mol. The first-order valence-electron chi connectivity index (χ1n) is 7.07. The van der Waals surface area contributed by atoms with Gasteiger partial charge in [0.15, 0.2) is 0 Å². The average molecular weight is 299 g/mol. The zero-order valence-corrected chi connectivity index (χ0v) is 13.8. The highest BCUT2D eigenvalue weighted by molar-refractivity contribution is 7.80. The minimum absolute atomic E-state index is 0.348. The van der Waals surface area contributed by atoms with E-state index < -0.39 is 0 Å². The molecule has 0 bridgehead atoms. The van der Waals surface area contributed by atoms with E-state index in [0.717, 1.165) is 16.9 Å². The van der Waals surface area contributed by atoms with Crippen molar-refractivity contribution < 1.29 is 4.74 Å². The van der Waals surface area contributed by atoms with Crippen LogP contribution in [-0.2, 0) is 0 Å². The molecular formula is C18H21NOS. The van der Waals surface area contributed by atoms with Gasteiger partial charge in [0.25, 0.3) is 0 Å². The molecule has 2 rings (SSSR count). The molecule has 0 unspecified atom stereocenters. The van der Waals surface area contributed by atoms with Gasteiger partial charge in [-0.25, -0.2) is 0 Å². The summed E-state index contributed by atoms with van der Waals surface area (Å²) < 4.78 is 6.00. The molecule has 0 saturated heterocycles. The summed E-state index contributed by atoms with van der Waals surface area (Å²) >= 11 is 5.09. The van der Waals surface area contributed by atoms with E-state index >= 15 is 0 Å². The normalized spacial score (nSPS) is 10.7. The molecular weight excluding hydrogens is 278 g/mol. The molecule has 0 spiro atoms. The molecule has 0 saturated carbocycles. The number of rotatable bonds is 4. The molecule has 0 aliphatic heterocycles. The Hall–Kier alpha value is -1.87. The first-order valence-corrected chi connectivity index (χ1v) is 7.48. The van der Waals surface area contributed by atoms with Gasteiger partial charge in [-0.3, -0.25) is 0 Å². The molecule has 0 amide bonds. The second-order valence-electron chi connectivity index (χ2n) is 5.64. The third-order valence-electron chi connectivity index (χ3n) is 3.49. The summed E-state index contributed by atoms with van der Waals surface area (Å²) in [5.41, 5.74) is 10.2. The lowest BCUT2D eigenvalue weighted by Gasteiger charge is -2.14. The van der Waals surface area contributed by atoms with Gasteiger partial charge in [0.05, 0.1) is 5.56 Å². The highest BCUT2D eigenvalue weighted by atomic mass is 32.1. The topological polar surface area (TPSA) is 35.2 Å². The van der Waals surface area contributed by atoms with Crippen molar-refractivity contribution in [3.63, 3.8) is 0 Å². The van der Waals surface area contributed by atoms with Crippen LogP contribution in [0.25, 0.3) is 0 Å². The van der Waals surface area contributed by atoms with Crippen molar-refractivity contribution in [1.29, 1.82) is 0 Å². The summed E-state index contributed by atoms with van der Waals surface area (Å²) in [5, 5.41) is 0. The Bertz CT molecular complexity index is 677. The Kier molecular flexibility index (Phi) is 4.63. The smallest absolute Gasteiger partial charge is 0.137 e. The fraction of sp³-hybridized carbons (Fsp3) is 0.278. The molecule has 110 valence electrons. The van der Waals surface area contributed by atoms with Crippen LogP contribution in [0.4, 0.5) is 0 Å². The molecule has 0 radical (unpaired) electrons. The van der Waals surface area contributed by atoms with Gasteiger partial charge in [0, 0.05) is 0 Å². The van der Waals surface area contributed by atoms with Gasteiger partial charge in [0.1, 0.15) is 16.5 Å². The maximum Gasteiger partial charge on any atom is 0.137 e. The van der Waals surface area contributed by atoms with E-state index in [2.05, 4.69) is 32.9 Å². The zero-order chi connectivity index (χ0) is 15.6. The largest absolute Gasteiger partial charge is 0.457 e. The summed E-state index contributed by atoms with van der Waals surface area (Å²) in [4.78, 5) is 0.348. The van der Waals surface area contributed by atoms with Gasteiger partial charge >= 0.3 is 0 Å². The van der Waals surface area contributed by atoms with Gasteiger partial charge < -0.3 is 10.5 Å². The first-order chi connectivity index (χ1) is 9.88. The fourth-order valence-corrected chi connectivity index (χ4v) is 2.57. The third-order valence-corrected chi connectivity index (χ3v) is 3.71. The second-order valence-corrected chi connectivity index (χ2v) is 6.08. The number of hydrogen-bond donors (Lipinski definition) is 1. The minimum atomic E-state index is 0.348. The average Bonchev–Trinajstić information content (AvgIpc) is 2.37. The summed E-state index contributed by atoms with van der Waals surface area (Å²) in [5.74, 6) is 2.02. The number of benzene rings is 2. The van der Waals surface area contributed by atoms with Gasteiger partial charge in [-0.1, -0.05) is 38.2 Å². The van der Waals surface area contributed by atoms with Crippen LogP contribution < -0.4 is 10.5 Å². The Morgan fingerprint density at radius 3 is 2.38 bits per heavy atom. The third kappa shape index (κ3) is 3.61. The number of thiocarbonyl (C=S) groups is 1. The lowest BCUT2D eigenvalue weighted by Crippen LogP contribution is -2.10. The van der Waals surface area contributed by atoms with Crippen molar-refractivity contribution >= 4 is 17.2 Å². The van der Waals surface area contributed by atoms with Crippen LogP contribution in [0.1, 0.15) is 42.0 Å². The highest BCUT2D eigenvalue weighted by Gasteiger charge is 2.10. The summed E-state index contributed by atoms with van der Waals surface area (Å²) in [6.45, 7) is 8.50. The molecule has 0 aliphatic rings. The van der Waals surface area contributed by atoms with Gasteiger partial charge in [-0.15, -0.1) is 0 Å². The standard InChI is InChI=1S/C18H21NOS/c1-11(2)15-8-6-14(10-13(15)4)20-17-9-12(3)5-7-16(17)18(19)21/h5-11H,1-4H3,(H2,19,21). The molecule has 2 nitrogen and oxygen atoms in total. The SMILES string of the molecule is Cc1ccc(C(N)=S)c(Oc2ccc(C(C)C)c(C)c2)c1. The molecule has 21 heavy (non-hydrogen) atoms. The van der Waals surface area contributed by atoms with Crippen LogP contribution in [0.2, 0.25) is 0 Å². The maximum absolute atomic E-state index is 6.00. The van der Waals surface area contributed by atoms with Crippen molar-refractivity contribution in [1.82, 2.24) is 0 Å². The summed E-state index contributed by atoms with van der Waals surface area (Å²) in [6, 6.07) is 12.0. The van der Waals surface area contributed by atoms with Crippen molar-refractivity contribution in [2.24, 2.45) is 5.73 Å². The second kappa shape index (κ2) is 6.27. The van der Waals surface area contributed by atoms with E-state index in [1.807, 2.05) is 31.2 Å². The van der Waals surface area contributed by atoms with E-state index in [9.17, 15) is 0 Å². The summed E-state index contributed by atoms with van der Waals surface area (Å²) in [6.07, 6.45) is 0. The monoisotopic (exact) mass is 299 g/mol. The van der Waals surface area contributed by atoms with Crippen LogP contribution in [0, 0.1) is 13.8 Å². The van der Waals surface area contributed by atoms with E-state index in [-0.39, 0.29) is 0 Å². The van der Waals surface area contributed by atoms with E-state index in [4.69, 9.17) is 22.7 Å². The first kappa shape index (κ1) is 15.5. The molecule has 2 N–H and O–H groups in total. The van der Waals surface area contributed by atoms with Crippen molar-refractivity contribution in [3.8, 4) is 11.5 Å². The van der Waals surface area contributed by atoms with Gasteiger partial charge in [-0.05, 0) is 60.7 Å². The molecule has 2 aromatic rings.